The summed E-state index contributed by atoms with van der Waals surface area (Å²) in [6, 6.07) is 7.49. The summed E-state index contributed by atoms with van der Waals surface area (Å²) in [4.78, 5) is 19.7. The van der Waals surface area contributed by atoms with Crippen LogP contribution in [0.1, 0.15) is 12.5 Å². The number of nitrogens with zero attached hydrogens (tertiary/aromatic N) is 4. The number of benzene rings is 1. The smallest absolute Gasteiger partial charge is 0.229 e. The van der Waals surface area contributed by atoms with E-state index in [-0.39, 0.29) is 12.5 Å². The molecule has 3 rings (SSSR count). The van der Waals surface area contributed by atoms with Gasteiger partial charge in [-0.2, -0.15) is 10.1 Å². The number of amides is 1. The van der Waals surface area contributed by atoms with Crippen LogP contribution in [0.2, 0.25) is 5.02 Å². The molecule has 2 aromatic heterocycles. The van der Waals surface area contributed by atoms with Crippen LogP contribution in [0, 0.1) is 0 Å². The molecule has 0 radical (unpaired) electrons. The van der Waals surface area contributed by atoms with E-state index >= 15 is 0 Å². The fraction of sp³-hybridized carbons (Fsp3) is 0.222. The van der Waals surface area contributed by atoms with Crippen LogP contribution in [0.15, 0.2) is 42.9 Å². The SMILES string of the molecule is CC(=O)Nc1cccc(CNc2nc(Nc3cnn(CCO)c3)ncc2Cl)c1. The molecule has 0 aliphatic carbocycles. The molecule has 0 saturated heterocycles. The number of aliphatic hydroxyl groups is 1. The van der Waals surface area contributed by atoms with Gasteiger partial charge in [0.1, 0.15) is 5.02 Å². The van der Waals surface area contributed by atoms with Crippen molar-refractivity contribution in [3.05, 3.63) is 53.4 Å². The van der Waals surface area contributed by atoms with Gasteiger partial charge in [-0.25, -0.2) is 4.98 Å². The van der Waals surface area contributed by atoms with Gasteiger partial charge in [0.2, 0.25) is 11.9 Å². The first-order valence-corrected chi connectivity index (χ1v) is 8.94. The van der Waals surface area contributed by atoms with Gasteiger partial charge in [-0.05, 0) is 17.7 Å². The number of anilines is 4. The molecule has 1 aromatic carbocycles. The number of carbonyl (C=O) groups excluding carboxylic acids is 1. The van der Waals surface area contributed by atoms with E-state index in [9.17, 15) is 4.79 Å². The molecule has 0 unspecified atom stereocenters. The maximum atomic E-state index is 11.2. The van der Waals surface area contributed by atoms with Crippen LogP contribution in [0.25, 0.3) is 0 Å². The molecule has 4 N–H and O–H groups in total. The van der Waals surface area contributed by atoms with Gasteiger partial charge in [0.05, 0.1) is 31.2 Å². The number of carbonyl (C=O) groups is 1. The van der Waals surface area contributed by atoms with E-state index in [1.807, 2.05) is 24.3 Å². The second kappa shape index (κ2) is 9.16. The van der Waals surface area contributed by atoms with Crippen LogP contribution in [-0.4, -0.2) is 37.4 Å². The average Bonchev–Trinajstić information content (AvgIpc) is 3.09. The van der Waals surface area contributed by atoms with Gasteiger partial charge in [-0.1, -0.05) is 23.7 Å². The van der Waals surface area contributed by atoms with Crippen molar-refractivity contribution in [2.45, 2.75) is 20.0 Å². The molecule has 146 valence electrons. The van der Waals surface area contributed by atoms with Gasteiger partial charge in [-0.3, -0.25) is 9.48 Å². The number of hydrogen-bond acceptors (Lipinski definition) is 7. The maximum absolute atomic E-state index is 11.2. The van der Waals surface area contributed by atoms with Crippen molar-refractivity contribution >= 4 is 40.6 Å². The van der Waals surface area contributed by atoms with Crippen molar-refractivity contribution in [1.82, 2.24) is 19.7 Å². The minimum atomic E-state index is -0.123. The molecule has 0 spiro atoms. The first-order chi connectivity index (χ1) is 13.5. The standard InChI is InChI=1S/C18H20ClN7O2/c1-12(28)23-14-4-2-3-13(7-14)8-20-17-16(19)10-21-18(25-17)24-15-9-22-26(11-15)5-6-27/h2-4,7,9-11,27H,5-6,8H2,1H3,(H,23,28)(H2,20,21,24,25). The molecular formula is C18H20ClN7O2. The van der Waals surface area contributed by atoms with Gasteiger partial charge in [0, 0.05) is 25.4 Å². The number of nitrogens with one attached hydrogen (secondary N) is 3. The molecule has 28 heavy (non-hydrogen) atoms. The second-order valence-corrected chi connectivity index (χ2v) is 6.37. The van der Waals surface area contributed by atoms with E-state index in [4.69, 9.17) is 16.7 Å². The lowest BCUT2D eigenvalue weighted by Gasteiger charge is -2.10. The minimum absolute atomic E-state index is 0.00969. The van der Waals surface area contributed by atoms with Crippen molar-refractivity contribution in [3.8, 4) is 0 Å². The molecule has 10 heteroatoms. The first-order valence-electron chi connectivity index (χ1n) is 8.57. The van der Waals surface area contributed by atoms with Crippen molar-refractivity contribution in [3.63, 3.8) is 0 Å². The lowest BCUT2D eigenvalue weighted by molar-refractivity contribution is -0.114. The fourth-order valence-electron chi connectivity index (χ4n) is 2.48. The lowest BCUT2D eigenvalue weighted by Crippen LogP contribution is -2.08. The third-order valence-electron chi connectivity index (χ3n) is 3.67. The van der Waals surface area contributed by atoms with E-state index in [2.05, 4.69) is 31.0 Å². The summed E-state index contributed by atoms with van der Waals surface area (Å²) in [6.07, 6.45) is 4.87. The van der Waals surface area contributed by atoms with Crippen LogP contribution < -0.4 is 16.0 Å². The summed E-state index contributed by atoms with van der Waals surface area (Å²) in [5.74, 6) is 0.719. The average molecular weight is 402 g/mol. The van der Waals surface area contributed by atoms with E-state index in [1.165, 1.54) is 13.1 Å². The zero-order chi connectivity index (χ0) is 19.9. The van der Waals surface area contributed by atoms with Crippen LogP contribution in [-0.2, 0) is 17.9 Å². The van der Waals surface area contributed by atoms with Gasteiger partial charge in [0.25, 0.3) is 0 Å². The molecule has 0 aliphatic heterocycles. The number of hydrogen-bond donors (Lipinski definition) is 4. The molecule has 1 amide bonds. The van der Waals surface area contributed by atoms with Crippen LogP contribution in [0.4, 0.5) is 23.1 Å². The van der Waals surface area contributed by atoms with E-state index in [1.54, 1.807) is 17.1 Å². The quantitative estimate of drug-likeness (QED) is 0.458. The zero-order valence-corrected chi connectivity index (χ0v) is 15.9. The molecule has 0 fully saturated rings. The van der Waals surface area contributed by atoms with Gasteiger partial charge in [-0.15, -0.1) is 0 Å². The molecule has 0 atom stereocenters. The highest BCUT2D eigenvalue weighted by Gasteiger charge is 2.07. The summed E-state index contributed by atoms with van der Waals surface area (Å²) in [5.41, 5.74) is 2.38. The normalized spacial score (nSPS) is 10.5. The number of halogens is 1. The maximum Gasteiger partial charge on any atom is 0.229 e. The third kappa shape index (κ3) is 5.41. The molecule has 9 nitrogen and oxygen atoms in total. The highest BCUT2D eigenvalue weighted by molar-refractivity contribution is 6.32. The summed E-state index contributed by atoms with van der Waals surface area (Å²) < 4.78 is 1.61. The summed E-state index contributed by atoms with van der Waals surface area (Å²) in [5, 5.41) is 22.4. The highest BCUT2D eigenvalue weighted by atomic mass is 35.5. The van der Waals surface area contributed by atoms with Gasteiger partial charge < -0.3 is 21.1 Å². The van der Waals surface area contributed by atoms with Crippen molar-refractivity contribution < 1.29 is 9.90 Å². The van der Waals surface area contributed by atoms with Crippen molar-refractivity contribution in [2.75, 3.05) is 22.6 Å². The lowest BCUT2D eigenvalue weighted by atomic mass is 10.2. The number of aromatic nitrogens is 4. The molecule has 3 aromatic rings. The van der Waals surface area contributed by atoms with Gasteiger partial charge in [0.15, 0.2) is 5.82 Å². The summed E-state index contributed by atoms with van der Waals surface area (Å²) >= 11 is 6.19. The Kier molecular flexibility index (Phi) is 6.41. The molecule has 0 bridgehead atoms. The second-order valence-electron chi connectivity index (χ2n) is 5.97. The topological polar surface area (TPSA) is 117 Å². The Bertz CT molecular complexity index is 961. The Morgan fingerprint density at radius 2 is 2.14 bits per heavy atom. The highest BCUT2D eigenvalue weighted by Crippen LogP contribution is 2.22. The molecule has 2 heterocycles. The van der Waals surface area contributed by atoms with E-state index in [0.717, 1.165) is 11.3 Å². The zero-order valence-electron chi connectivity index (χ0n) is 15.2. The fourth-order valence-corrected chi connectivity index (χ4v) is 2.64. The monoisotopic (exact) mass is 401 g/mol. The predicted octanol–water partition coefficient (Wildman–Crippen LogP) is 2.63. The number of rotatable bonds is 8. The third-order valence-corrected chi connectivity index (χ3v) is 3.95. The first kappa shape index (κ1) is 19.6. The number of aliphatic hydroxyl groups excluding tert-OH is 1. The van der Waals surface area contributed by atoms with Gasteiger partial charge >= 0.3 is 0 Å². The van der Waals surface area contributed by atoms with Crippen LogP contribution >= 0.6 is 11.6 Å². The van der Waals surface area contributed by atoms with Crippen LogP contribution in [0.5, 0.6) is 0 Å². The Morgan fingerprint density at radius 1 is 1.29 bits per heavy atom. The predicted molar refractivity (Wildman–Crippen MR) is 108 cm³/mol. The molecule has 0 aliphatic rings. The Labute approximate surface area is 166 Å². The van der Waals surface area contributed by atoms with E-state index in [0.29, 0.717) is 35.6 Å². The molecular weight excluding hydrogens is 382 g/mol. The summed E-state index contributed by atoms with van der Waals surface area (Å²) in [7, 11) is 0. The Balaban J connectivity index is 1.67. The Hall–Kier alpha value is -3.17. The van der Waals surface area contributed by atoms with Crippen molar-refractivity contribution in [1.29, 1.82) is 0 Å². The summed E-state index contributed by atoms with van der Waals surface area (Å²) in [6.45, 7) is 2.36. The van der Waals surface area contributed by atoms with E-state index < -0.39 is 0 Å². The van der Waals surface area contributed by atoms with Crippen LogP contribution in [0.3, 0.4) is 0 Å². The largest absolute Gasteiger partial charge is 0.394 e. The van der Waals surface area contributed by atoms with Crippen molar-refractivity contribution in [2.24, 2.45) is 0 Å². The Morgan fingerprint density at radius 3 is 2.93 bits per heavy atom. The minimum Gasteiger partial charge on any atom is -0.394 e. The molecule has 0 saturated carbocycles.